The van der Waals surface area contributed by atoms with Crippen LogP contribution in [0.25, 0.3) is 0 Å². The number of carbonyl (C=O) groups is 2. The molecule has 2 heterocycles. The highest BCUT2D eigenvalue weighted by atomic mass is 35.5. The van der Waals surface area contributed by atoms with E-state index in [-0.39, 0.29) is 11.8 Å². The van der Waals surface area contributed by atoms with Gasteiger partial charge >= 0.3 is 0 Å². The van der Waals surface area contributed by atoms with Crippen molar-refractivity contribution in [3.05, 3.63) is 46.3 Å². The van der Waals surface area contributed by atoms with Crippen molar-refractivity contribution in [2.24, 2.45) is 0 Å². The number of carbonyl (C=O) groups excluding carboxylic acids is 2. The largest absolute Gasteiger partial charge is 0.340 e. The molecule has 2 amide bonds. The first kappa shape index (κ1) is 18.4. The molecule has 0 bridgehead atoms. The zero-order valence-electron chi connectivity index (χ0n) is 14.1. The molecule has 0 saturated carbocycles. The summed E-state index contributed by atoms with van der Waals surface area (Å²) in [5.41, 5.74) is 0.991. The van der Waals surface area contributed by atoms with Crippen LogP contribution in [0.3, 0.4) is 0 Å². The van der Waals surface area contributed by atoms with Gasteiger partial charge in [-0.2, -0.15) is 0 Å². The standard InChI is InChI=1S/C17H17Cl2N5O2/c1-11(25)23-4-6-24(7-5-23)17(26)15-9-16(21-10-20-15)22-12-2-3-13(18)14(19)8-12/h2-3,8-10H,4-7H2,1H3,(H,20,21,22). The zero-order chi connectivity index (χ0) is 18.7. The lowest BCUT2D eigenvalue weighted by Crippen LogP contribution is -2.50. The lowest BCUT2D eigenvalue weighted by molar-refractivity contribution is -0.130. The number of nitrogens with one attached hydrogen (secondary N) is 1. The summed E-state index contributed by atoms with van der Waals surface area (Å²) in [5, 5.41) is 3.95. The molecule has 9 heteroatoms. The number of nitrogens with zero attached hydrogens (tertiary/aromatic N) is 4. The van der Waals surface area contributed by atoms with Crippen molar-refractivity contribution in [1.82, 2.24) is 19.8 Å². The Morgan fingerprint density at radius 2 is 1.69 bits per heavy atom. The van der Waals surface area contributed by atoms with E-state index in [2.05, 4.69) is 15.3 Å². The van der Waals surface area contributed by atoms with Crippen molar-refractivity contribution < 1.29 is 9.59 Å². The first-order chi connectivity index (χ1) is 12.4. The first-order valence-electron chi connectivity index (χ1n) is 8.03. The van der Waals surface area contributed by atoms with Crippen molar-refractivity contribution in [3.63, 3.8) is 0 Å². The van der Waals surface area contributed by atoms with Crippen molar-refractivity contribution in [2.75, 3.05) is 31.5 Å². The fraction of sp³-hybridized carbons (Fsp3) is 0.294. The predicted molar refractivity (Wildman–Crippen MR) is 99.9 cm³/mol. The zero-order valence-corrected chi connectivity index (χ0v) is 15.6. The molecule has 2 aromatic rings. The molecule has 1 aliphatic heterocycles. The summed E-state index contributed by atoms with van der Waals surface area (Å²) in [4.78, 5) is 35.6. The van der Waals surface area contributed by atoms with E-state index >= 15 is 0 Å². The van der Waals surface area contributed by atoms with Gasteiger partial charge < -0.3 is 15.1 Å². The number of hydrogen-bond donors (Lipinski definition) is 1. The summed E-state index contributed by atoms with van der Waals surface area (Å²) in [7, 11) is 0. The van der Waals surface area contributed by atoms with Gasteiger partial charge in [0.05, 0.1) is 10.0 Å². The topological polar surface area (TPSA) is 78.4 Å². The van der Waals surface area contributed by atoms with Crippen molar-refractivity contribution in [1.29, 1.82) is 0 Å². The molecule has 0 unspecified atom stereocenters. The number of amides is 2. The SMILES string of the molecule is CC(=O)N1CCN(C(=O)c2cc(Nc3ccc(Cl)c(Cl)c3)ncn2)CC1. The molecule has 3 rings (SSSR count). The third-order valence-electron chi connectivity index (χ3n) is 4.09. The predicted octanol–water partition coefficient (Wildman–Crippen LogP) is 2.83. The average Bonchev–Trinajstić information content (AvgIpc) is 2.64. The Balaban J connectivity index is 1.69. The van der Waals surface area contributed by atoms with Crippen molar-refractivity contribution in [2.45, 2.75) is 6.92 Å². The summed E-state index contributed by atoms with van der Waals surface area (Å²) in [6, 6.07) is 6.70. The molecule has 1 saturated heterocycles. The molecule has 0 radical (unpaired) electrons. The molecule has 7 nitrogen and oxygen atoms in total. The van der Waals surface area contributed by atoms with Crippen LogP contribution < -0.4 is 5.32 Å². The van der Waals surface area contributed by atoms with Crippen LogP contribution >= 0.6 is 23.2 Å². The smallest absolute Gasteiger partial charge is 0.272 e. The third-order valence-corrected chi connectivity index (χ3v) is 4.83. The van der Waals surface area contributed by atoms with Gasteiger partial charge in [0.1, 0.15) is 17.8 Å². The second-order valence-electron chi connectivity index (χ2n) is 5.84. The molecule has 136 valence electrons. The summed E-state index contributed by atoms with van der Waals surface area (Å²) < 4.78 is 0. The van der Waals surface area contributed by atoms with E-state index in [0.717, 1.165) is 0 Å². The fourth-order valence-corrected chi connectivity index (χ4v) is 2.95. The second-order valence-corrected chi connectivity index (χ2v) is 6.66. The summed E-state index contributed by atoms with van der Waals surface area (Å²) in [6.45, 7) is 3.56. The Hall–Kier alpha value is -2.38. The maximum absolute atomic E-state index is 12.6. The van der Waals surface area contributed by atoms with Crippen LogP contribution in [0.4, 0.5) is 11.5 Å². The highest BCUT2D eigenvalue weighted by Gasteiger charge is 2.24. The Labute approximate surface area is 160 Å². The Morgan fingerprint density at radius 1 is 1.00 bits per heavy atom. The minimum Gasteiger partial charge on any atom is -0.340 e. The maximum Gasteiger partial charge on any atom is 0.272 e. The number of benzene rings is 1. The number of anilines is 2. The highest BCUT2D eigenvalue weighted by Crippen LogP contribution is 2.26. The summed E-state index contributed by atoms with van der Waals surface area (Å²) >= 11 is 11.9. The van der Waals surface area contributed by atoms with Gasteiger partial charge in [-0.15, -0.1) is 0 Å². The van der Waals surface area contributed by atoms with Crippen LogP contribution in [-0.2, 0) is 4.79 Å². The van der Waals surface area contributed by atoms with Crippen LogP contribution in [0.15, 0.2) is 30.6 Å². The van der Waals surface area contributed by atoms with Crippen molar-refractivity contribution in [3.8, 4) is 0 Å². The molecule has 0 atom stereocenters. The van der Waals surface area contributed by atoms with Gasteiger partial charge in [0.2, 0.25) is 5.91 Å². The van der Waals surface area contributed by atoms with E-state index in [1.54, 1.807) is 34.1 Å². The van der Waals surface area contributed by atoms with Gasteiger partial charge in [0, 0.05) is 44.9 Å². The van der Waals surface area contributed by atoms with Gasteiger partial charge in [0.25, 0.3) is 5.91 Å². The van der Waals surface area contributed by atoms with Crippen LogP contribution in [0.1, 0.15) is 17.4 Å². The molecule has 0 spiro atoms. The van der Waals surface area contributed by atoms with Crippen LogP contribution in [0.2, 0.25) is 10.0 Å². The number of halogens is 2. The molecule has 1 aliphatic rings. The van der Waals surface area contributed by atoms with E-state index in [1.165, 1.54) is 13.3 Å². The maximum atomic E-state index is 12.6. The molecule has 1 aromatic heterocycles. The number of rotatable bonds is 3. The Morgan fingerprint density at radius 3 is 2.35 bits per heavy atom. The molecular formula is C17H17Cl2N5O2. The Kier molecular flexibility index (Phi) is 5.58. The highest BCUT2D eigenvalue weighted by molar-refractivity contribution is 6.42. The molecule has 26 heavy (non-hydrogen) atoms. The summed E-state index contributed by atoms with van der Waals surface area (Å²) in [5.74, 6) is 0.309. The lowest BCUT2D eigenvalue weighted by atomic mass is 10.2. The van der Waals surface area contributed by atoms with E-state index in [1.807, 2.05) is 0 Å². The minimum absolute atomic E-state index is 0.0206. The van der Waals surface area contributed by atoms with Crippen LogP contribution in [0, 0.1) is 0 Å². The second kappa shape index (κ2) is 7.88. The normalized spacial score (nSPS) is 14.3. The molecule has 1 N–H and O–H groups in total. The van der Waals surface area contributed by atoms with E-state index in [9.17, 15) is 9.59 Å². The van der Waals surface area contributed by atoms with Crippen LogP contribution in [0.5, 0.6) is 0 Å². The first-order valence-corrected chi connectivity index (χ1v) is 8.78. The molecule has 1 fully saturated rings. The number of aromatic nitrogens is 2. The number of hydrogen-bond acceptors (Lipinski definition) is 5. The van der Waals surface area contributed by atoms with E-state index in [4.69, 9.17) is 23.2 Å². The third kappa shape index (κ3) is 4.23. The van der Waals surface area contributed by atoms with Crippen molar-refractivity contribution >= 4 is 46.5 Å². The van der Waals surface area contributed by atoms with Gasteiger partial charge in [-0.25, -0.2) is 9.97 Å². The average molecular weight is 394 g/mol. The van der Waals surface area contributed by atoms with Crippen LogP contribution in [-0.4, -0.2) is 57.8 Å². The van der Waals surface area contributed by atoms with Gasteiger partial charge in [-0.05, 0) is 18.2 Å². The molecule has 0 aliphatic carbocycles. The quantitative estimate of drug-likeness (QED) is 0.866. The Bertz CT molecular complexity index is 838. The van der Waals surface area contributed by atoms with E-state index < -0.39 is 0 Å². The minimum atomic E-state index is -0.187. The molecular weight excluding hydrogens is 377 g/mol. The summed E-state index contributed by atoms with van der Waals surface area (Å²) in [6.07, 6.45) is 1.33. The molecule has 1 aromatic carbocycles. The van der Waals surface area contributed by atoms with Gasteiger partial charge in [0.15, 0.2) is 0 Å². The fourth-order valence-electron chi connectivity index (χ4n) is 2.65. The lowest BCUT2D eigenvalue weighted by Gasteiger charge is -2.34. The number of piperazine rings is 1. The van der Waals surface area contributed by atoms with E-state index in [0.29, 0.717) is 53.4 Å². The van der Waals surface area contributed by atoms with Gasteiger partial charge in [-0.1, -0.05) is 23.2 Å². The monoisotopic (exact) mass is 393 g/mol. The van der Waals surface area contributed by atoms with Gasteiger partial charge in [-0.3, -0.25) is 9.59 Å².